The average Bonchev–Trinajstić information content (AvgIpc) is 3.03. The van der Waals surface area contributed by atoms with Crippen molar-refractivity contribution in [2.75, 3.05) is 25.1 Å². The van der Waals surface area contributed by atoms with E-state index >= 15 is 0 Å². The van der Waals surface area contributed by atoms with E-state index in [-0.39, 0.29) is 24.3 Å². The second-order valence-electron chi connectivity index (χ2n) is 6.96. The molecule has 1 aromatic carbocycles. The Morgan fingerprint density at radius 1 is 1.23 bits per heavy atom. The van der Waals surface area contributed by atoms with Gasteiger partial charge in [0.05, 0.1) is 18.9 Å². The average molecular weight is 360 g/mol. The number of likely N-dealkylation sites (tertiary alicyclic amines) is 1. The van der Waals surface area contributed by atoms with Gasteiger partial charge in [0.15, 0.2) is 0 Å². The van der Waals surface area contributed by atoms with Gasteiger partial charge in [-0.3, -0.25) is 14.4 Å². The smallest absolute Gasteiger partial charge is 0.308 e. The zero-order valence-corrected chi connectivity index (χ0v) is 15.1. The summed E-state index contributed by atoms with van der Waals surface area (Å²) >= 11 is 0. The van der Waals surface area contributed by atoms with Crippen LogP contribution in [0.15, 0.2) is 24.3 Å². The summed E-state index contributed by atoms with van der Waals surface area (Å²) in [4.78, 5) is 40.0. The Morgan fingerprint density at radius 3 is 2.54 bits per heavy atom. The molecule has 1 N–H and O–H groups in total. The highest BCUT2D eigenvalue weighted by Crippen LogP contribution is 2.31. The minimum absolute atomic E-state index is 0.0898. The minimum Gasteiger partial charge on any atom is -0.497 e. The summed E-state index contributed by atoms with van der Waals surface area (Å²) in [6.07, 6.45) is 1.42. The number of rotatable bonds is 4. The first-order chi connectivity index (χ1) is 12.4. The number of aliphatic carboxylic acids is 1. The number of ether oxygens (including phenoxy) is 1. The van der Waals surface area contributed by atoms with Crippen LogP contribution in [0, 0.1) is 11.8 Å². The molecule has 7 heteroatoms. The molecule has 0 aromatic heterocycles. The van der Waals surface area contributed by atoms with E-state index < -0.39 is 17.8 Å². The van der Waals surface area contributed by atoms with Crippen molar-refractivity contribution in [1.82, 2.24) is 4.90 Å². The van der Waals surface area contributed by atoms with Crippen LogP contribution in [0.3, 0.4) is 0 Å². The Bertz CT molecular complexity index is 702. The Hall–Kier alpha value is -2.57. The van der Waals surface area contributed by atoms with E-state index in [4.69, 9.17) is 4.74 Å². The summed E-state index contributed by atoms with van der Waals surface area (Å²) in [5.74, 6) is -1.34. The highest BCUT2D eigenvalue weighted by Gasteiger charge is 2.42. The lowest BCUT2D eigenvalue weighted by Gasteiger charge is -2.38. The van der Waals surface area contributed by atoms with Crippen molar-refractivity contribution in [1.29, 1.82) is 0 Å². The second kappa shape index (κ2) is 7.35. The number of carbonyl (C=O) groups is 3. The number of amides is 2. The third kappa shape index (κ3) is 3.38. The first-order valence-electron chi connectivity index (χ1n) is 8.90. The Kier molecular flexibility index (Phi) is 5.15. The Balaban J connectivity index is 1.71. The van der Waals surface area contributed by atoms with Crippen LogP contribution in [-0.2, 0) is 14.4 Å². The molecule has 1 unspecified atom stereocenters. The number of piperidine rings is 1. The third-order valence-electron chi connectivity index (χ3n) is 5.45. The molecule has 2 saturated heterocycles. The van der Waals surface area contributed by atoms with Gasteiger partial charge in [0.25, 0.3) is 0 Å². The molecule has 0 bridgehead atoms. The lowest BCUT2D eigenvalue weighted by atomic mass is 9.89. The largest absolute Gasteiger partial charge is 0.497 e. The van der Waals surface area contributed by atoms with Crippen molar-refractivity contribution < 1.29 is 24.2 Å². The van der Waals surface area contributed by atoms with Crippen LogP contribution in [0.25, 0.3) is 0 Å². The maximum atomic E-state index is 12.9. The van der Waals surface area contributed by atoms with Crippen molar-refractivity contribution in [2.45, 2.75) is 32.2 Å². The molecule has 140 valence electrons. The lowest BCUT2D eigenvalue weighted by Crippen LogP contribution is -2.51. The van der Waals surface area contributed by atoms with Gasteiger partial charge in [0.2, 0.25) is 11.8 Å². The molecule has 26 heavy (non-hydrogen) atoms. The molecule has 0 radical (unpaired) electrons. The number of hydrogen-bond donors (Lipinski definition) is 1. The summed E-state index contributed by atoms with van der Waals surface area (Å²) in [6.45, 7) is 2.66. The van der Waals surface area contributed by atoms with Gasteiger partial charge in [-0.1, -0.05) is 0 Å². The SMILES string of the molecule is COc1ccc(N2CC(C(=O)N3CCC[C@H](C(=O)O)[C@@H]3C)CC2=O)cc1. The van der Waals surface area contributed by atoms with E-state index in [9.17, 15) is 19.5 Å². The van der Waals surface area contributed by atoms with Crippen LogP contribution < -0.4 is 9.64 Å². The van der Waals surface area contributed by atoms with Crippen LogP contribution in [0.5, 0.6) is 5.75 Å². The number of hydrogen-bond acceptors (Lipinski definition) is 4. The van der Waals surface area contributed by atoms with Crippen LogP contribution in [0.4, 0.5) is 5.69 Å². The molecule has 2 aliphatic heterocycles. The molecule has 0 spiro atoms. The van der Waals surface area contributed by atoms with Gasteiger partial charge >= 0.3 is 5.97 Å². The van der Waals surface area contributed by atoms with Gasteiger partial charge in [0.1, 0.15) is 5.75 Å². The van der Waals surface area contributed by atoms with Crippen LogP contribution in [-0.4, -0.2) is 54.0 Å². The number of anilines is 1. The quantitative estimate of drug-likeness (QED) is 0.884. The zero-order chi connectivity index (χ0) is 18.8. The Morgan fingerprint density at radius 2 is 1.92 bits per heavy atom. The van der Waals surface area contributed by atoms with Crippen molar-refractivity contribution in [2.24, 2.45) is 11.8 Å². The lowest BCUT2D eigenvalue weighted by molar-refractivity contribution is -0.150. The van der Waals surface area contributed by atoms with E-state index in [1.54, 1.807) is 48.1 Å². The number of carbonyl (C=O) groups excluding carboxylic acids is 2. The molecule has 2 aliphatic rings. The van der Waals surface area contributed by atoms with Gasteiger partial charge in [0, 0.05) is 31.2 Å². The van der Waals surface area contributed by atoms with Gasteiger partial charge in [-0.25, -0.2) is 0 Å². The fourth-order valence-electron chi connectivity index (χ4n) is 3.90. The van der Waals surface area contributed by atoms with Crippen LogP contribution in [0.1, 0.15) is 26.2 Å². The fourth-order valence-corrected chi connectivity index (χ4v) is 3.90. The molecule has 0 saturated carbocycles. The van der Waals surface area contributed by atoms with Crippen molar-refractivity contribution in [3.05, 3.63) is 24.3 Å². The monoisotopic (exact) mass is 360 g/mol. The molecular formula is C19H24N2O5. The maximum Gasteiger partial charge on any atom is 0.308 e. The molecule has 3 rings (SSSR count). The number of nitrogens with zero attached hydrogens (tertiary/aromatic N) is 2. The first-order valence-corrected chi connectivity index (χ1v) is 8.90. The minimum atomic E-state index is -0.864. The van der Waals surface area contributed by atoms with Crippen LogP contribution in [0.2, 0.25) is 0 Å². The molecule has 2 amide bonds. The van der Waals surface area contributed by atoms with Crippen molar-refractivity contribution in [3.8, 4) is 5.75 Å². The van der Waals surface area contributed by atoms with Crippen molar-refractivity contribution in [3.63, 3.8) is 0 Å². The third-order valence-corrected chi connectivity index (χ3v) is 5.45. The molecule has 3 atom stereocenters. The number of methoxy groups -OCH3 is 1. The fraction of sp³-hybridized carbons (Fsp3) is 0.526. The zero-order valence-electron chi connectivity index (χ0n) is 15.1. The maximum absolute atomic E-state index is 12.9. The normalized spacial score (nSPS) is 26.1. The summed E-state index contributed by atoms with van der Waals surface area (Å²) < 4.78 is 5.13. The van der Waals surface area contributed by atoms with E-state index in [0.717, 1.165) is 5.69 Å². The standard InChI is InChI=1S/C19H24N2O5/c1-12-16(19(24)25)4-3-9-20(12)18(23)13-10-17(22)21(11-13)14-5-7-15(26-2)8-6-14/h5-8,12-13,16H,3-4,9-11H2,1-2H3,(H,24,25)/t12-,13?,16-/m0/s1. The summed E-state index contributed by atoms with van der Waals surface area (Å²) in [6, 6.07) is 6.81. The molecule has 2 fully saturated rings. The highest BCUT2D eigenvalue weighted by atomic mass is 16.5. The predicted octanol–water partition coefficient (Wildman–Crippen LogP) is 1.76. The van der Waals surface area contributed by atoms with E-state index in [1.165, 1.54) is 0 Å². The number of benzene rings is 1. The van der Waals surface area contributed by atoms with Gasteiger partial charge < -0.3 is 19.6 Å². The summed E-state index contributed by atoms with van der Waals surface area (Å²) in [7, 11) is 1.58. The summed E-state index contributed by atoms with van der Waals surface area (Å²) in [5, 5.41) is 9.34. The molecule has 0 aliphatic carbocycles. The van der Waals surface area contributed by atoms with Gasteiger partial charge in [-0.15, -0.1) is 0 Å². The number of carboxylic acid groups (broad SMARTS) is 1. The molecule has 1 aromatic rings. The highest BCUT2D eigenvalue weighted by molar-refractivity contribution is 6.00. The van der Waals surface area contributed by atoms with Crippen molar-refractivity contribution >= 4 is 23.5 Å². The molecule has 2 heterocycles. The van der Waals surface area contributed by atoms with E-state index in [2.05, 4.69) is 0 Å². The molecule has 7 nitrogen and oxygen atoms in total. The van der Waals surface area contributed by atoms with E-state index in [0.29, 0.717) is 31.7 Å². The topological polar surface area (TPSA) is 87.2 Å². The van der Waals surface area contributed by atoms with Crippen LogP contribution >= 0.6 is 0 Å². The van der Waals surface area contributed by atoms with Gasteiger partial charge in [-0.05, 0) is 44.0 Å². The predicted molar refractivity (Wildman–Crippen MR) is 95.0 cm³/mol. The summed E-state index contributed by atoms with van der Waals surface area (Å²) in [5.41, 5.74) is 0.737. The Labute approximate surface area is 152 Å². The second-order valence-corrected chi connectivity index (χ2v) is 6.96. The van der Waals surface area contributed by atoms with Gasteiger partial charge in [-0.2, -0.15) is 0 Å². The molecular weight excluding hydrogens is 336 g/mol. The first kappa shape index (κ1) is 18.2. The number of carboxylic acids is 1. The van der Waals surface area contributed by atoms with E-state index in [1.807, 2.05) is 0 Å².